The molecule has 0 unspecified atom stereocenters. The van der Waals surface area contributed by atoms with E-state index < -0.39 is 11.9 Å². The largest absolute Gasteiger partial charge is 0.460 e. The van der Waals surface area contributed by atoms with Crippen LogP contribution in [0.2, 0.25) is 5.02 Å². The molecule has 7 heteroatoms. The number of Topliss-reactive ketones (excluding diaryl/α,β-unsaturated/α-hetero) is 1. The maximum Gasteiger partial charge on any atom is 0.336 e. The van der Waals surface area contributed by atoms with Crippen LogP contribution < -0.4 is 5.32 Å². The molecule has 0 fully saturated rings. The third-order valence-electron chi connectivity index (χ3n) is 5.94. The molecule has 0 saturated carbocycles. The Balaban J connectivity index is 1.68. The van der Waals surface area contributed by atoms with Crippen molar-refractivity contribution < 1.29 is 19.1 Å². The number of benzene rings is 1. The Labute approximate surface area is 203 Å². The van der Waals surface area contributed by atoms with Crippen LogP contribution in [-0.4, -0.2) is 31.1 Å². The molecule has 174 valence electrons. The van der Waals surface area contributed by atoms with Crippen molar-refractivity contribution in [1.29, 1.82) is 0 Å². The molecule has 1 aliphatic carbocycles. The van der Waals surface area contributed by atoms with Gasteiger partial charge in [-0.2, -0.15) is 0 Å². The summed E-state index contributed by atoms with van der Waals surface area (Å²) in [4.78, 5) is 27.9. The number of esters is 1. The van der Waals surface area contributed by atoms with Gasteiger partial charge in [-0.1, -0.05) is 29.8 Å². The van der Waals surface area contributed by atoms with Gasteiger partial charge in [-0.05, 0) is 56.3 Å². The second kappa shape index (κ2) is 10.2. The predicted octanol–water partition coefficient (Wildman–Crippen LogP) is 5.73. The molecular formula is C26H28ClNO4S. The number of hydrogen-bond donors (Lipinski definition) is 1. The molecule has 1 aliphatic heterocycles. The molecule has 0 spiro atoms. The molecule has 33 heavy (non-hydrogen) atoms. The van der Waals surface area contributed by atoms with Crippen LogP contribution >= 0.6 is 22.9 Å². The highest BCUT2D eigenvalue weighted by Crippen LogP contribution is 2.46. The van der Waals surface area contributed by atoms with E-state index in [-0.39, 0.29) is 24.4 Å². The van der Waals surface area contributed by atoms with E-state index in [4.69, 9.17) is 21.1 Å². The van der Waals surface area contributed by atoms with Crippen LogP contribution in [-0.2, 0) is 19.1 Å². The Bertz CT molecular complexity index is 1100. The summed E-state index contributed by atoms with van der Waals surface area (Å²) in [5.74, 6) is -0.779. The van der Waals surface area contributed by atoms with Crippen LogP contribution in [0.4, 0.5) is 0 Å². The lowest BCUT2D eigenvalue weighted by molar-refractivity contribution is -0.141. The summed E-state index contributed by atoms with van der Waals surface area (Å²) in [7, 11) is 0. The first-order valence-corrected chi connectivity index (χ1v) is 12.4. The first kappa shape index (κ1) is 23.7. The van der Waals surface area contributed by atoms with Crippen molar-refractivity contribution in [2.45, 2.75) is 51.6 Å². The fourth-order valence-electron chi connectivity index (χ4n) is 4.55. The van der Waals surface area contributed by atoms with Gasteiger partial charge in [0.15, 0.2) is 5.78 Å². The standard InChI is InChI=1S/C26H28ClNO4S/c1-15(2)31-9-10-32-26(30)23-16(3)28-20-13-18(22-8-5-11-33-22)14-21(29)25(20)24(23)17-6-4-7-19(27)12-17/h4-8,11-12,15,18,24,28H,9-10,13-14H2,1-3H3/t18-,24+/m0/s1. The zero-order valence-electron chi connectivity index (χ0n) is 19.0. The minimum Gasteiger partial charge on any atom is -0.460 e. The fourth-order valence-corrected chi connectivity index (χ4v) is 5.58. The SMILES string of the molecule is CC1=C(C(=O)OCCOC(C)C)[C@@H](c2cccc(Cl)c2)C2=C(C[C@H](c3cccs3)CC2=O)N1. The quantitative estimate of drug-likeness (QED) is 0.400. The van der Waals surface area contributed by atoms with Gasteiger partial charge in [-0.25, -0.2) is 4.79 Å². The van der Waals surface area contributed by atoms with Crippen molar-refractivity contribution in [3.05, 3.63) is 79.8 Å². The smallest absolute Gasteiger partial charge is 0.336 e. The van der Waals surface area contributed by atoms with E-state index in [1.165, 1.54) is 4.88 Å². The molecule has 1 aromatic heterocycles. The number of hydrogen-bond acceptors (Lipinski definition) is 6. The zero-order valence-corrected chi connectivity index (χ0v) is 20.6. The van der Waals surface area contributed by atoms with Crippen LogP contribution in [0, 0.1) is 0 Å². The average molecular weight is 486 g/mol. The molecule has 0 saturated heterocycles. The minimum absolute atomic E-state index is 0.0491. The molecule has 2 atom stereocenters. The van der Waals surface area contributed by atoms with Gasteiger partial charge in [0.05, 0.1) is 18.3 Å². The van der Waals surface area contributed by atoms with Gasteiger partial charge in [-0.3, -0.25) is 4.79 Å². The molecule has 0 bridgehead atoms. The Morgan fingerprint density at radius 2 is 2.03 bits per heavy atom. The lowest BCUT2D eigenvalue weighted by Gasteiger charge is -2.36. The highest BCUT2D eigenvalue weighted by atomic mass is 35.5. The normalized spacial score (nSPS) is 20.7. The minimum atomic E-state index is -0.518. The summed E-state index contributed by atoms with van der Waals surface area (Å²) in [5, 5.41) is 5.97. The number of carbonyl (C=O) groups is 2. The van der Waals surface area contributed by atoms with E-state index in [1.54, 1.807) is 17.4 Å². The van der Waals surface area contributed by atoms with Gasteiger partial charge in [0.25, 0.3) is 0 Å². The average Bonchev–Trinajstić information content (AvgIpc) is 3.30. The molecule has 2 aromatic rings. The van der Waals surface area contributed by atoms with E-state index >= 15 is 0 Å². The second-order valence-corrected chi connectivity index (χ2v) is 10.1. The third-order valence-corrected chi connectivity index (χ3v) is 7.21. The van der Waals surface area contributed by atoms with E-state index in [9.17, 15) is 9.59 Å². The zero-order chi connectivity index (χ0) is 23.5. The van der Waals surface area contributed by atoms with E-state index in [2.05, 4.69) is 11.4 Å². The Kier molecular flexibility index (Phi) is 7.37. The topological polar surface area (TPSA) is 64.6 Å². The molecule has 4 rings (SSSR count). The lowest BCUT2D eigenvalue weighted by atomic mass is 9.72. The number of carbonyl (C=O) groups excluding carboxylic acids is 2. The van der Waals surface area contributed by atoms with Crippen molar-refractivity contribution >= 4 is 34.7 Å². The third kappa shape index (κ3) is 5.24. The summed E-state index contributed by atoms with van der Waals surface area (Å²) in [6.07, 6.45) is 1.20. The van der Waals surface area contributed by atoms with Crippen molar-refractivity contribution in [1.82, 2.24) is 5.32 Å². The molecule has 2 heterocycles. The summed E-state index contributed by atoms with van der Waals surface area (Å²) in [6.45, 7) is 6.19. The molecule has 1 N–H and O–H groups in total. The number of ketones is 1. The number of ether oxygens (including phenoxy) is 2. The number of thiophene rings is 1. The number of rotatable bonds is 7. The molecule has 0 radical (unpaired) electrons. The van der Waals surface area contributed by atoms with Crippen LogP contribution in [0.5, 0.6) is 0 Å². The molecular weight excluding hydrogens is 458 g/mol. The van der Waals surface area contributed by atoms with Crippen LogP contribution in [0.15, 0.2) is 64.3 Å². The van der Waals surface area contributed by atoms with Gasteiger partial charge in [0, 0.05) is 45.1 Å². The molecule has 5 nitrogen and oxygen atoms in total. The second-order valence-electron chi connectivity index (χ2n) is 8.64. The number of allylic oxidation sites excluding steroid dienone is 3. The number of dihydropyridines is 1. The van der Waals surface area contributed by atoms with Crippen molar-refractivity contribution in [3.8, 4) is 0 Å². The summed E-state index contributed by atoms with van der Waals surface area (Å²) >= 11 is 7.97. The molecule has 2 aliphatic rings. The van der Waals surface area contributed by atoms with Gasteiger partial charge in [-0.15, -0.1) is 11.3 Å². The lowest BCUT2D eigenvalue weighted by Crippen LogP contribution is -2.36. The Hall–Kier alpha value is -2.41. The monoisotopic (exact) mass is 485 g/mol. The first-order chi connectivity index (χ1) is 15.8. The van der Waals surface area contributed by atoms with E-state index in [0.29, 0.717) is 34.9 Å². The van der Waals surface area contributed by atoms with Crippen LogP contribution in [0.1, 0.15) is 55.9 Å². The summed E-state index contributed by atoms with van der Waals surface area (Å²) in [6, 6.07) is 11.5. The fraction of sp³-hybridized carbons (Fsp3) is 0.385. The highest BCUT2D eigenvalue weighted by molar-refractivity contribution is 7.10. The predicted molar refractivity (Wildman–Crippen MR) is 130 cm³/mol. The highest BCUT2D eigenvalue weighted by Gasteiger charge is 2.41. The van der Waals surface area contributed by atoms with E-state index in [1.807, 2.05) is 50.4 Å². The molecule has 0 amide bonds. The Morgan fingerprint density at radius 1 is 1.21 bits per heavy atom. The van der Waals surface area contributed by atoms with Gasteiger partial charge in [0.1, 0.15) is 6.61 Å². The van der Waals surface area contributed by atoms with Gasteiger partial charge >= 0.3 is 5.97 Å². The first-order valence-electron chi connectivity index (χ1n) is 11.2. The van der Waals surface area contributed by atoms with Gasteiger partial charge < -0.3 is 14.8 Å². The van der Waals surface area contributed by atoms with Crippen molar-refractivity contribution in [2.24, 2.45) is 0 Å². The molecule has 1 aromatic carbocycles. The number of halogens is 1. The number of nitrogens with one attached hydrogen (secondary N) is 1. The van der Waals surface area contributed by atoms with Crippen LogP contribution in [0.3, 0.4) is 0 Å². The summed E-state index contributed by atoms with van der Waals surface area (Å²) < 4.78 is 11.0. The summed E-state index contributed by atoms with van der Waals surface area (Å²) in [5.41, 5.74) is 3.48. The van der Waals surface area contributed by atoms with Gasteiger partial charge in [0.2, 0.25) is 0 Å². The van der Waals surface area contributed by atoms with Crippen LogP contribution in [0.25, 0.3) is 0 Å². The maximum absolute atomic E-state index is 13.5. The van der Waals surface area contributed by atoms with E-state index in [0.717, 1.165) is 17.7 Å². The van der Waals surface area contributed by atoms with Crippen molar-refractivity contribution in [2.75, 3.05) is 13.2 Å². The van der Waals surface area contributed by atoms with Crippen molar-refractivity contribution in [3.63, 3.8) is 0 Å². The maximum atomic E-state index is 13.5. The Morgan fingerprint density at radius 3 is 2.73 bits per heavy atom.